The molecule has 3 rings (SSSR count). The highest BCUT2D eigenvalue weighted by Crippen LogP contribution is 2.13. The summed E-state index contributed by atoms with van der Waals surface area (Å²) in [7, 11) is 0. The molecule has 0 saturated carbocycles. The van der Waals surface area contributed by atoms with Crippen molar-refractivity contribution in [3.8, 4) is 0 Å². The minimum absolute atomic E-state index is 0. The van der Waals surface area contributed by atoms with Crippen LogP contribution >= 0.6 is 24.8 Å². The number of aromatic amines is 1. The number of aromatic nitrogens is 3. The first kappa shape index (κ1) is 10.9. The molecule has 0 fully saturated rings. The fraction of sp³-hybridized carbons (Fsp3) is 0. The largest absolute Gasteiger partial charge is 0.323 e. The van der Waals surface area contributed by atoms with Gasteiger partial charge >= 0.3 is 0 Å². The molecular formula is C9H9Cl2N3. The molecule has 3 nitrogen and oxygen atoms in total. The second-order valence-corrected chi connectivity index (χ2v) is 2.76. The molecule has 0 aliphatic rings. The number of benzene rings is 1. The Hall–Kier alpha value is -1.19. The zero-order valence-corrected chi connectivity index (χ0v) is 8.81. The van der Waals surface area contributed by atoms with E-state index in [4.69, 9.17) is 0 Å². The second kappa shape index (κ2) is 3.90. The lowest BCUT2D eigenvalue weighted by Crippen LogP contribution is -1.74. The highest BCUT2D eigenvalue weighted by molar-refractivity contribution is 5.85. The Labute approximate surface area is 93.0 Å². The fourth-order valence-corrected chi connectivity index (χ4v) is 1.50. The molecule has 74 valence electrons. The average molecular weight is 230 g/mol. The summed E-state index contributed by atoms with van der Waals surface area (Å²) in [6, 6.07) is 8.15. The van der Waals surface area contributed by atoms with Gasteiger partial charge in [0, 0.05) is 12.4 Å². The minimum Gasteiger partial charge on any atom is -0.323 e. The van der Waals surface area contributed by atoms with Gasteiger partial charge in [0.1, 0.15) is 0 Å². The summed E-state index contributed by atoms with van der Waals surface area (Å²) in [6.45, 7) is 0. The van der Waals surface area contributed by atoms with Gasteiger partial charge < -0.3 is 4.98 Å². The summed E-state index contributed by atoms with van der Waals surface area (Å²) >= 11 is 0. The van der Waals surface area contributed by atoms with E-state index in [1.165, 1.54) is 5.52 Å². The molecule has 0 aliphatic heterocycles. The molecule has 0 spiro atoms. The van der Waals surface area contributed by atoms with Gasteiger partial charge in [-0.25, -0.2) is 4.98 Å². The molecule has 3 aromatic rings. The van der Waals surface area contributed by atoms with E-state index in [1.807, 2.05) is 28.8 Å². The number of imidazole rings is 2. The monoisotopic (exact) mass is 229 g/mol. The summed E-state index contributed by atoms with van der Waals surface area (Å²) < 4.78 is 2.04. The number of hydrogen-bond donors (Lipinski definition) is 1. The SMILES string of the molecule is Cl.Cl.c1ccc2c(c1)[nH]c1nccn12. The van der Waals surface area contributed by atoms with Crippen LogP contribution in [-0.4, -0.2) is 14.4 Å². The Morgan fingerprint density at radius 3 is 2.79 bits per heavy atom. The van der Waals surface area contributed by atoms with E-state index < -0.39 is 0 Å². The Morgan fingerprint density at radius 2 is 1.93 bits per heavy atom. The normalized spacial score (nSPS) is 9.71. The molecular weight excluding hydrogens is 221 g/mol. The molecule has 0 amide bonds. The zero-order valence-electron chi connectivity index (χ0n) is 7.18. The number of halogens is 2. The first-order valence-electron chi connectivity index (χ1n) is 3.85. The third-order valence-electron chi connectivity index (χ3n) is 2.05. The molecule has 14 heavy (non-hydrogen) atoms. The standard InChI is InChI=1S/C9H7N3.2ClH/c1-2-4-8-7(3-1)11-9-10-5-6-12(8)9;;/h1-6H,(H,10,11);2*1H. The highest BCUT2D eigenvalue weighted by Gasteiger charge is 2.00. The van der Waals surface area contributed by atoms with Gasteiger partial charge in [-0.05, 0) is 12.1 Å². The van der Waals surface area contributed by atoms with E-state index >= 15 is 0 Å². The maximum atomic E-state index is 4.16. The van der Waals surface area contributed by atoms with Gasteiger partial charge in [0.25, 0.3) is 0 Å². The first-order valence-corrected chi connectivity index (χ1v) is 3.85. The number of rotatable bonds is 0. The van der Waals surface area contributed by atoms with E-state index in [2.05, 4.69) is 16.0 Å². The molecule has 0 aliphatic carbocycles. The molecule has 0 saturated heterocycles. The lowest BCUT2D eigenvalue weighted by Gasteiger charge is -1.86. The van der Waals surface area contributed by atoms with Gasteiger partial charge in [0.15, 0.2) is 0 Å². The summed E-state index contributed by atoms with van der Waals surface area (Å²) in [5.41, 5.74) is 2.30. The molecule has 2 aromatic heterocycles. The molecule has 0 radical (unpaired) electrons. The number of H-pyrrole nitrogens is 1. The first-order chi connectivity index (χ1) is 5.95. The van der Waals surface area contributed by atoms with Gasteiger partial charge in [-0.2, -0.15) is 0 Å². The summed E-state index contributed by atoms with van der Waals surface area (Å²) in [4.78, 5) is 7.37. The van der Waals surface area contributed by atoms with E-state index in [0.717, 1.165) is 11.3 Å². The van der Waals surface area contributed by atoms with Crippen LogP contribution in [0.15, 0.2) is 36.7 Å². The van der Waals surface area contributed by atoms with Crippen molar-refractivity contribution < 1.29 is 0 Å². The number of nitrogens with zero attached hydrogens (tertiary/aromatic N) is 2. The number of fused-ring (bicyclic) bond motifs is 3. The van der Waals surface area contributed by atoms with E-state index in [9.17, 15) is 0 Å². The molecule has 0 unspecified atom stereocenters. The van der Waals surface area contributed by atoms with Gasteiger partial charge in [-0.15, -0.1) is 24.8 Å². The van der Waals surface area contributed by atoms with Crippen LogP contribution in [0.1, 0.15) is 0 Å². The van der Waals surface area contributed by atoms with Crippen LogP contribution in [-0.2, 0) is 0 Å². The topological polar surface area (TPSA) is 33.1 Å². The second-order valence-electron chi connectivity index (χ2n) is 2.76. The third kappa shape index (κ3) is 1.35. The molecule has 2 heterocycles. The van der Waals surface area contributed by atoms with Crippen LogP contribution in [0.25, 0.3) is 16.8 Å². The Morgan fingerprint density at radius 1 is 1.14 bits per heavy atom. The fourth-order valence-electron chi connectivity index (χ4n) is 1.50. The highest BCUT2D eigenvalue weighted by atomic mass is 35.5. The Kier molecular flexibility index (Phi) is 3.03. The number of hydrogen-bond acceptors (Lipinski definition) is 1. The Balaban J connectivity index is 0.000000490. The molecule has 5 heteroatoms. The predicted molar refractivity (Wildman–Crippen MR) is 61.5 cm³/mol. The molecule has 0 atom stereocenters. The van der Waals surface area contributed by atoms with Gasteiger partial charge in [0.05, 0.1) is 11.0 Å². The average Bonchev–Trinajstić information content (AvgIpc) is 2.62. The van der Waals surface area contributed by atoms with Crippen molar-refractivity contribution in [1.29, 1.82) is 0 Å². The molecule has 1 aromatic carbocycles. The summed E-state index contributed by atoms with van der Waals surface area (Å²) in [5, 5.41) is 0. The molecule has 1 N–H and O–H groups in total. The number of para-hydroxylation sites is 2. The summed E-state index contributed by atoms with van der Waals surface area (Å²) in [5.74, 6) is 0.899. The minimum atomic E-state index is 0. The van der Waals surface area contributed by atoms with Crippen LogP contribution in [0.3, 0.4) is 0 Å². The van der Waals surface area contributed by atoms with E-state index in [0.29, 0.717) is 0 Å². The van der Waals surface area contributed by atoms with E-state index in [1.54, 1.807) is 6.20 Å². The maximum absolute atomic E-state index is 4.16. The van der Waals surface area contributed by atoms with E-state index in [-0.39, 0.29) is 24.8 Å². The summed E-state index contributed by atoms with van der Waals surface area (Å²) in [6.07, 6.45) is 3.74. The van der Waals surface area contributed by atoms with Crippen LogP contribution in [0.2, 0.25) is 0 Å². The van der Waals surface area contributed by atoms with Crippen molar-refractivity contribution in [3.63, 3.8) is 0 Å². The van der Waals surface area contributed by atoms with Crippen molar-refractivity contribution in [3.05, 3.63) is 36.7 Å². The van der Waals surface area contributed by atoms with Gasteiger partial charge in [-0.1, -0.05) is 12.1 Å². The van der Waals surface area contributed by atoms with Crippen molar-refractivity contribution in [2.75, 3.05) is 0 Å². The Bertz CT molecular complexity index is 540. The van der Waals surface area contributed by atoms with Crippen molar-refractivity contribution >= 4 is 41.6 Å². The van der Waals surface area contributed by atoms with Crippen LogP contribution in [0.4, 0.5) is 0 Å². The predicted octanol–water partition coefficient (Wildman–Crippen LogP) is 2.66. The van der Waals surface area contributed by atoms with Crippen molar-refractivity contribution in [2.45, 2.75) is 0 Å². The van der Waals surface area contributed by atoms with Crippen LogP contribution in [0.5, 0.6) is 0 Å². The smallest absolute Gasteiger partial charge is 0.212 e. The zero-order chi connectivity index (χ0) is 7.97. The van der Waals surface area contributed by atoms with Gasteiger partial charge in [-0.3, -0.25) is 4.40 Å². The lowest BCUT2D eigenvalue weighted by molar-refractivity contribution is 1.25. The number of nitrogens with one attached hydrogen (secondary N) is 1. The quantitative estimate of drug-likeness (QED) is 0.632. The van der Waals surface area contributed by atoms with Crippen molar-refractivity contribution in [1.82, 2.24) is 14.4 Å². The van der Waals surface area contributed by atoms with Gasteiger partial charge in [0.2, 0.25) is 5.78 Å². The van der Waals surface area contributed by atoms with Crippen molar-refractivity contribution in [2.24, 2.45) is 0 Å². The maximum Gasteiger partial charge on any atom is 0.212 e. The molecule has 0 bridgehead atoms. The van der Waals surface area contributed by atoms with Crippen LogP contribution in [0, 0.1) is 0 Å². The third-order valence-corrected chi connectivity index (χ3v) is 2.05. The van der Waals surface area contributed by atoms with Crippen LogP contribution < -0.4 is 0 Å². The lowest BCUT2D eigenvalue weighted by atomic mass is 10.3.